The molecule has 1 N–H and O–H groups in total. The summed E-state index contributed by atoms with van der Waals surface area (Å²) in [6.45, 7) is 7.45. The van der Waals surface area contributed by atoms with Crippen molar-refractivity contribution < 1.29 is 14.6 Å². The Hall–Kier alpha value is -2.67. The highest BCUT2D eigenvalue weighted by Gasteiger charge is 2.28. The van der Waals surface area contributed by atoms with E-state index in [1.165, 1.54) is 12.8 Å². The highest BCUT2D eigenvalue weighted by molar-refractivity contribution is 5.65. The van der Waals surface area contributed by atoms with Crippen LogP contribution in [0, 0.1) is 12.8 Å². The van der Waals surface area contributed by atoms with Crippen molar-refractivity contribution in [3.8, 4) is 22.9 Å². The van der Waals surface area contributed by atoms with Gasteiger partial charge in [0.25, 0.3) is 0 Å². The number of unbranched alkanes of at least 4 members (excludes halogenated alkanes) is 1. The van der Waals surface area contributed by atoms with Crippen molar-refractivity contribution in [2.24, 2.45) is 13.0 Å². The van der Waals surface area contributed by atoms with Crippen LogP contribution in [0.15, 0.2) is 54.6 Å². The molecule has 0 spiro atoms. The van der Waals surface area contributed by atoms with Gasteiger partial charge >= 0.3 is 0 Å². The zero-order valence-corrected chi connectivity index (χ0v) is 21.3. The molecule has 1 fully saturated rings. The van der Waals surface area contributed by atoms with E-state index in [2.05, 4.69) is 36.9 Å². The molecule has 0 unspecified atom stereocenters. The number of rotatable bonds is 14. The molecule has 0 amide bonds. The van der Waals surface area contributed by atoms with E-state index in [-0.39, 0.29) is 0 Å². The van der Waals surface area contributed by atoms with Crippen molar-refractivity contribution in [1.82, 2.24) is 14.7 Å². The average molecular weight is 478 g/mol. The normalized spacial score (nSPS) is 14.4. The van der Waals surface area contributed by atoms with Crippen molar-refractivity contribution in [2.75, 3.05) is 26.3 Å². The van der Waals surface area contributed by atoms with Crippen LogP contribution in [0.4, 0.5) is 0 Å². The van der Waals surface area contributed by atoms with Gasteiger partial charge in [-0.3, -0.25) is 4.90 Å². The number of hydrogen-bond donors (Lipinski definition) is 1. The fourth-order valence-electron chi connectivity index (χ4n) is 4.35. The van der Waals surface area contributed by atoms with Gasteiger partial charge in [0, 0.05) is 38.9 Å². The van der Waals surface area contributed by atoms with Gasteiger partial charge in [0.15, 0.2) is 0 Å². The zero-order valence-electron chi connectivity index (χ0n) is 21.3. The third-order valence-corrected chi connectivity index (χ3v) is 6.36. The lowest BCUT2D eigenvalue weighted by molar-refractivity contribution is 0.0135. The third-order valence-electron chi connectivity index (χ3n) is 6.36. The van der Waals surface area contributed by atoms with Crippen LogP contribution in [0.25, 0.3) is 11.3 Å². The Kier molecular flexibility index (Phi) is 8.96. The molecule has 0 bridgehead atoms. The van der Waals surface area contributed by atoms with Crippen LogP contribution in [0.3, 0.4) is 0 Å². The first-order chi connectivity index (χ1) is 17.0. The van der Waals surface area contributed by atoms with Gasteiger partial charge in [-0.25, -0.2) is 4.68 Å². The molecular formula is C29H39N3O3. The number of hydrogen-bond acceptors (Lipinski definition) is 5. The van der Waals surface area contributed by atoms with Crippen molar-refractivity contribution >= 4 is 0 Å². The minimum absolute atomic E-state index is 0.367. The van der Waals surface area contributed by atoms with Gasteiger partial charge in [-0.1, -0.05) is 55.8 Å². The SMILES string of the molecule is CCCCOC[C@H](O)CN(Cc1c(-c2ccccc2)nn(C)c1Oc1cccc(C)c1)CC1CC1. The summed E-state index contributed by atoms with van der Waals surface area (Å²) in [6.07, 6.45) is 4.10. The molecule has 1 aliphatic carbocycles. The maximum atomic E-state index is 10.7. The summed E-state index contributed by atoms with van der Waals surface area (Å²) in [5.74, 6) is 2.23. The Morgan fingerprint density at radius 3 is 2.66 bits per heavy atom. The first-order valence-electron chi connectivity index (χ1n) is 12.9. The van der Waals surface area contributed by atoms with Gasteiger partial charge in [-0.2, -0.15) is 5.10 Å². The zero-order chi connectivity index (χ0) is 24.6. The first-order valence-corrected chi connectivity index (χ1v) is 12.9. The highest BCUT2D eigenvalue weighted by Crippen LogP contribution is 2.36. The molecule has 6 nitrogen and oxygen atoms in total. The van der Waals surface area contributed by atoms with Crippen LogP contribution >= 0.6 is 0 Å². The van der Waals surface area contributed by atoms with Crippen molar-refractivity contribution in [2.45, 2.75) is 52.2 Å². The van der Waals surface area contributed by atoms with Gasteiger partial charge in [0.05, 0.1) is 18.3 Å². The molecule has 1 atom stereocenters. The Morgan fingerprint density at radius 1 is 1.14 bits per heavy atom. The van der Waals surface area contributed by atoms with Crippen LogP contribution < -0.4 is 4.74 Å². The molecule has 2 aromatic carbocycles. The molecule has 188 valence electrons. The molecule has 1 aliphatic rings. The summed E-state index contributed by atoms with van der Waals surface area (Å²) in [7, 11) is 1.93. The van der Waals surface area contributed by atoms with Crippen molar-refractivity contribution in [3.05, 3.63) is 65.7 Å². The van der Waals surface area contributed by atoms with E-state index in [9.17, 15) is 5.11 Å². The molecular weight excluding hydrogens is 438 g/mol. The quantitative estimate of drug-likeness (QED) is 0.307. The van der Waals surface area contributed by atoms with Crippen molar-refractivity contribution in [1.29, 1.82) is 0 Å². The molecule has 1 saturated carbocycles. The predicted molar refractivity (Wildman–Crippen MR) is 140 cm³/mol. The summed E-state index contributed by atoms with van der Waals surface area (Å²) in [5.41, 5.74) is 4.17. The lowest BCUT2D eigenvalue weighted by atomic mass is 10.1. The molecule has 0 aliphatic heterocycles. The van der Waals surface area contributed by atoms with Crippen molar-refractivity contribution in [3.63, 3.8) is 0 Å². The fraction of sp³-hybridized carbons (Fsp3) is 0.483. The smallest absolute Gasteiger partial charge is 0.222 e. The number of nitrogens with zero attached hydrogens (tertiary/aromatic N) is 3. The van der Waals surface area contributed by atoms with Gasteiger partial charge in [0.1, 0.15) is 11.4 Å². The second-order valence-electron chi connectivity index (χ2n) is 9.76. The average Bonchev–Trinajstić information content (AvgIpc) is 3.62. The molecule has 1 aromatic heterocycles. The molecule has 0 radical (unpaired) electrons. The maximum Gasteiger partial charge on any atom is 0.222 e. The minimum Gasteiger partial charge on any atom is -0.439 e. The van der Waals surface area contributed by atoms with Crippen LogP contribution in [-0.4, -0.2) is 52.2 Å². The number of aliphatic hydroxyl groups excluding tert-OH is 1. The number of aliphatic hydroxyl groups is 1. The molecule has 6 heteroatoms. The predicted octanol–water partition coefficient (Wildman–Crippen LogP) is 5.58. The van der Waals surface area contributed by atoms with Crippen LogP contribution in [0.1, 0.15) is 43.7 Å². The van der Waals surface area contributed by atoms with Gasteiger partial charge in [-0.05, 0) is 49.8 Å². The fourth-order valence-corrected chi connectivity index (χ4v) is 4.35. The second-order valence-corrected chi connectivity index (χ2v) is 9.76. The van der Waals surface area contributed by atoms with Crippen LogP contribution in [0.2, 0.25) is 0 Å². The Labute approximate surface area is 209 Å². The van der Waals surface area contributed by atoms with Crippen LogP contribution in [-0.2, 0) is 18.3 Å². The number of aromatic nitrogens is 2. The maximum absolute atomic E-state index is 10.7. The van der Waals surface area contributed by atoms with Gasteiger partial charge in [-0.15, -0.1) is 0 Å². The topological polar surface area (TPSA) is 59.8 Å². The number of benzene rings is 2. The third kappa shape index (κ3) is 7.40. The Bertz CT molecular complexity index is 1060. The van der Waals surface area contributed by atoms with E-state index in [1.807, 2.05) is 48.1 Å². The first kappa shape index (κ1) is 25.4. The summed E-state index contributed by atoms with van der Waals surface area (Å²) < 4.78 is 14.0. The lowest BCUT2D eigenvalue weighted by Gasteiger charge is -2.25. The Balaban J connectivity index is 1.60. The second kappa shape index (κ2) is 12.3. The highest BCUT2D eigenvalue weighted by atomic mass is 16.5. The standard InChI is InChI=1S/C29H39N3O3/c1-4-5-16-34-21-25(33)19-32(18-23-14-15-23)20-27-28(24-11-7-6-8-12-24)30-31(3)29(27)35-26-13-9-10-22(2)17-26/h6-13,17,23,25,33H,4-5,14-16,18-21H2,1-3H3/t25-/m1/s1. The largest absolute Gasteiger partial charge is 0.439 e. The molecule has 1 heterocycles. The van der Waals surface area contributed by atoms with Crippen LogP contribution in [0.5, 0.6) is 11.6 Å². The number of aryl methyl sites for hydroxylation is 2. The van der Waals surface area contributed by atoms with E-state index in [0.29, 0.717) is 32.2 Å². The van der Waals surface area contributed by atoms with E-state index in [4.69, 9.17) is 14.6 Å². The van der Waals surface area contributed by atoms with Gasteiger partial charge in [0.2, 0.25) is 5.88 Å². The molecule has 4 rings (SSSR count). The summed E-state index contributed by atoms with van der Waals surface area (Å²) in [4.78, 5) is 2.35. The summed E-state index contributed by atoms with van der Waals surface area (Å²) in [5, 5.41) is 15.6. The van der Waals surface area contributed by atoms with E-state index < -0.39 is 6.10 Å². The number of ether oxygens (including phenoxy) is 2. The van der Waals surface area contributed by atoms with E-state index >= 15 is 0 Å². The summed E-state index contributed by atoms with van der Waals surface area (Å²) >= 11 is 0. The van der Waals surface area contributed by atoms with Gasteiger partial charge < -0.3 is 14.6 Å². The molecule has 35 heavy (non-hydrogen) atoms. The lowest BCUT2D eigenvalue weighted by Crippen LogP contribution is -2.36. The van der Waals surface area contributed by atoms with E-state index in [0.717, 1.165) is 53.4 Å². The van der Waals surface area contributed by atoms with E-state index in [1.54, 1.807) is 0 Å². The monoisotopic (exact) mass is 477 g/mol. The molecule has 3 aromatic rings. The summed E-state index contributed by atoms with van der Waals surface area (Å²) in [6, 6.07) is 18.4. The molecule has 0 saturated heterocycles. The Morgan fingerprint density at radius 2 is 1.94 bits per heavy atom. The minimum atomic E-state index is -0.524.